The summed E-state index contributed by atoms with van der Waals surface area (Å²) in [4.78, 5) is 13.2. The van der Waals surface area contributed by atoms with Crippen molar-refractivity contribution < 1.29 is 4.79 Å². The lowest BCUT2D eigenvalue weighted by Crippen LogP contribution is -2.23. The molecule has 0 aromatic carbocycles. The van der Waals surface area contributed by atoms with Crippen LogP contribution in [0.3, 0.4) is 0 Å². The maximum Gasteiger partial charge on any atom is 0.179 e. The molecule has 4 heteroatoms. The van der Waals surface area contributed by atoms with E-state index < -0.39 is 0 Å². The highest BCUT2D eigenvalue weighted by molar-refractivity contribution is 9.13. The van der Waals surface area contributed by atoms with E-state index in [-0.39, 0.29) is 5.41 Å². The average Bonchev–Trinajstić information content (AvgIpc) is 2.77. The lowest BCUT2D eigenvalue weighted by molar-refractivity contribution is 0.0827. The standard InChI is InChI=1S/C11H12Br2OS/c1-11(4-2-3-5-11)10(14)9-8(13)7(12)6-15-9/h6H,2-5H2,1H3. The predicted molar refractivity (Wildman–Crippen MR) is 70.6 cm³/mol. The lowest BCUT2D eigenvalue weighted by atomic mass is 9.83. The van der Waals surface area contributed by atoms with Gasteiger partial charge < -0.3 is 0 Å². The number of carbonyl (C=O) groups is 1. The third-order valence-electron chi connectivity index (χ3n) is 3.15. The summed E-state index contributed by atoms with van der Waals surface area (Å²) in [5, 5.41) is 1.97. The van der Waals surface area contributed by atoms with Gasteiger partial charge in [-0.15, -0.1) is 11.3 Å². The summed E-state index contributed by atoms with van der Waals surface area (Å²) in [7, 11) is 0. The molecule has 0 aliphatic heterocycles. The van der Waals surface area contributed by atoms with Crippen LogP contribution in [-0.2, 0) is 0 Å². The monoisotopic (exact) mass is 350 g/mol. The molecule has 0 bridgehead atoms. The normalized spacial score (nSPS) is 19.4. The molecule has 0 amide bonds. The fraction of sp³-hybridized carbons (Fsp3) is 0.545. The second-order valence-corrected chi connectivity index (χ2v) is 6.85. The first-order valence-electron chi connectivity index (χ1n) is 5.02. The number of carbonyl (C=O) groups excluding carboxylic acids is 1. The molecule has 1 saturated carbocycles. The maximum atomic E-state index is 12.4. The molecule has 1 nitrogen and oxygen atoms in total. The zero-order chi connectivity index (χ0) is 11.1. The van der Waals surface area contributed by atoms with E-state index >= 15 is 0 Å². The van der Waals surface area contributed by atoms with Crippen LogP contribution >= 0.6 is 43.2 Å². The van der Waals surface area contributed by atoms with Crippen molar-refractivity contribution in [3.63, 3.8) is 0 Å². The number of rotatable bonds is 2. The maximum absolute atomic E-state index is 12.4. The van der Waals surface area contributed by atoms with Crippen LogP contribution in [0.15, 0.2) is 14.3 Å². The number of Topliss-reactive ketones (excluding diaryl/α,β-unsaturated/α-hetero) is 1. The Morgan fingerprint density at radius 2 is 2.00 bits per heavy atom. The van der Waals surface area contributed by atoms with Gasteiger partial charge in [0.1, 0.15) is 0 Å². The minimum atomic E-state index is -0.118. The van der Waals surface area contributed by atoms with Gasteiger partial charge in [0.2, 0.25) is 0 Å². The fourth-order valence-corrected chi connectivity index (χ4v) is 4.37. The number of thiophene rings is 1. The summed E-state index contributed by atoms with van der Waals surface area (Å²) in [5.74, 6) is 0.308. The number of ketones is 1. The molecule has 1 aliphatic carbocycles. The second-order valence-electron chi connectivity index (χ2n) is 4.32. The predicted octanol–water partition coefficient (Wildman–Crippen LogP) is 5.04. The largest absolute Gasteiger partial charge is 0.293 e. The number of halogens is 2. The Hall–Kier alpha value is 0.330. The van der Waals surface area contributed by atoms with Crippen LogP contribution in [0.4, 0.5) is 0 Å². The highest BCUT2D eigenvalue weighted by Crippen LogP contribution is 2.44. The molecule has 0 spiro atoms. The van der Waals surface area contributed by atoms with Crippen molar-refractivity contribution in [2.24, 2.45) is 5.41 Å². The quantitative estimate of drug-likeness (QED) is 0.682. The van der Waals surface area contributed by atoms with Crippen molar-refractivity contribution in [3.05, 3.63) is 19.2 Å². The Bertz CT molecular complexity index is 391. The van der Waals surface area contributed by atoms with Gasteiger partial charge in [0, 0.05) is 15.3 Å². The third-order valence-corrected chi connectivity index (χ3v) is 6.68. The minimum Gasteiger partial charge on any atom is -0.293 e. The van der Waals surface area contributed by atoms with Crippen molar-refractivity contribution in [1.29, 1.82) is 0 Å². The summed E-state index contributed by atoms with van der Waals surface area (Å²) in [6, 6.07) is 0. The Morgan fingerprint density at radius 3 is 2.47 bits per heavy atom. The van der Waals surface area contributed by atoms with Gasteiger partial charge >= 0.3 is 0 Å². The van der Waals surface area contributed by atoms with Crippen LogP contribution in [0.2, 0.25) is 0 Å². The van der Waals surface area contributed by atoms with Crippen LogP contribution < -0.4 is 0 Å². The van der Waals surface area contributed by atoms with Gasteiger partial charge in [-0.05, 0) is 44.7 Å². The Balaban J connectivity index is 2.32. The van der Waals surface area contributed by atoms with E-state index in [0.29, 0.717) is 5.78 Å². The molecule has 1 aromatic heterocycles. The van der Waals surface area contributed by atoms with E-state index in [0.717, 1.165) is 26.7 Å². The zero-order valence-electron chi connectivity index (χ0n) is 8.48. The van der Waals surface area contributed by atoms with Crippen molar-refractivity contribution in [2.75, 3.05) is 0 Å². The number of hydrogen-bond acceptors (Lipinski definition) is 2. The molecule has 15 heavy (non-hydrogen) atoms. The van der Waals surface area contributed by atoms with Gasteiger partial charge in [0.25, 0.3) is 0 Å². The van der Waals surface area contributed by atoms with Crippen molar-refractivity contribution in [1.82, 2.24) is 0 Å². The van der Waals surface area contributed by atoms with Crippen LogP contribution in [-0.4, -0.2) is 5.78 Å². The molecule has 1 fully saturated rings. The molecule has 1 heterocycles. The first-order chi connectivity index (χ1) is 7.04. The molecule has 0 radical (unpaired) electrons. The van der Waals surface area contributed by atoms with Crippen molar-refractivity contribution in [3.8, 4) is 0 Å². The van der Waals surface area contributed by atoms with Crippen LogP contribution in [0.25, 0.3) is 0 Å². The zero-order valence-corrected chi connectivity index (χ0v) is 12.5. The molecule has 1 aromatic rings. The Kier molecular flexibility index (Phi) is 3.39. The molecular formula is C11H12Br2OS. The molecule has 0 N–H and O–H groups in total. The van der Waals surface area contributed by atoms with E-state index in [9.17, 15) is 4.79 Å². The van der Waals surface area contributed by atoms with E-state index in [1.54, 1.807) is 0 Å². The van der Waals surface area contributed by atoms with Gasteiger partial charge in [-0.2, -0.15) is 0 Å². The molecule has 2 rings (SSSR count). The molecule has 0 unspecified atom stereocenters. The third kappa shape index (κ3) is 2.08. The molecule has 0 saturated heterocycles. The Morgan fingerprint density at radius 1 is 1.40 bits per heavy atom. The summed E-state index contributed by atoms with van der Waals surface area (Å²) in [6.07, 6.45) is 4.44. The van der Waals surface area contributed by atoms with Crippen LogP contribution in [0.1, 0.15) is 42.3 Å². The molecule has 1 aliphatic rings. The van der Waals surface area contributed by atoms with Crippen LogP contribution in [0, 0.1) is 5.41 Å². The summed E-state index contributed by atoms with van der Waals surface area (Å²) >= 11 is 8.41. The smallest absolute Gasteiger partial charge is 0.179 e. The first-order valence-corrected chi connectivity index (χ1v) is 7.48. The van der Waals surface area contributed by atoms with Crippen LogP contribution in [0.5, 0.6) is 0 Å². The highest BCUT2D eigenvalue weighted by atomic mass is 79.9. The van der Waals surface area contributed by atoms with Gasteiger partial charge in [-0.1, -0.05) is 19.8 Å². The molecule has 0 atom stereocenters. The first kappa shape index (κ1) is 11.8. The van der Waals surface area contributed by atoms with Crippen molar-refractivity contribution >= 4 is 49.0 Å². The van der Waals surface area contributed by atoms with Gasteiger partial charge in [0.15, 0.2) is 5.78 Å². The van der Waals surface area contributed by atoms with E-state index in [1.165, 1.54) is 24.2 Å². The van der Waals surface area contributed by atoms with E-state index in [2.05, 4.69) is 38.8 Å². The minimum absolute atomic E-state index is 0.118. The molecular weight excluding hydrogens is 340 g/mol. The van der Waals surface area contributed by atoms with E-state index in [4.69, 9.17) is 0 Å². The summed E-state index contributed by atoms with van der Waals surface area (Å²) in [6.45, 7) is 2.10. The topological polar surface area (TPSA) is 17.1 Å². The Labute approximate surface area is 111 Å². The average molecular weight is 352 g/mol. The van der Waals surface area contributed by atoms with E-state index in [1.807, 2.05) is 5.38 Å². The fourth-order valence-electron chi connectivity index (χ4n) is 2.13. The van der Waals surface area contributed by atoms with Gasteiger partial charge in [-0.25, -0.2) is 0 Å². The number of hydrogen-bond donors (Lipinski definition) is 0. The second kappa shape index (κ2) is 4.30. The highest BCUT2D eigenvalue weighted by Gasteiger charge is 2.38. The van der Waals surface area contributed by atoms with Gasteiger partial charge in [-0.3, -0.25) is 4.79 Å². The SMILES string of the molecule is CC1(C(=O)c2scc(Br)c2Br)CCCC1. The van der Waals surface area contributed by atoms with Gasteiger partial charge in [0.05, 0.1) is 9.35 Å². The molecule has 82 valence electrons. The summed E-state index contributed by atoms with van der Waals surface area (Å²) in [5.41, 5.74) is -0.118. The lowest BCUT2D eigenvalue weighted by Gasteiger charge is -2.20. The van der Waals surface area contributed by atoms with Crippen molar-refractivity contribution in [2.45, 2.75) is 32.6 Å². The summed E-state index contributed by atoms with van der Waals surface area (Å²) < 4.78 is 1.91.